The highest BCUT2D eigenvalue weighted by molar-refractivity contribution is 5.90. The first-order chi connectivity index (χ1) is 12.1. The van der Waals surface area contributed by atoms with Crippen LogP contribution >= 0.6 is 0 Å². The summed E-state index contributed by atoms with van der Waals surface area (Å²) in [5.41, 5.74) is 0.690. The molecule has 6 nitrogen and oxygen atoms in total. The van der Waals surface area contributed by atoms with E-state index in [1.54, 1.807) is 36.3 Å². The van der Waals surface area contributed by atoms with Crippen LogP contribution in [-0.2, 0) is 14.3 Å². The summed E-state index contributed by atoms with van der Waals surface area (Å²) in [5.74, 6) is 0.398. The molecule has 1 fully saturated rings. The maximum Gasteiger partial charge on any atom is 0.331 e. The number of hydrogen-bond donors (Lipinski definition) is 0. The smallest absolute Gasteiger partial charge is 0.331 e. The quantitative estimate of drug-likeness (QED) is 0.585. The number of nitrogens with zero attached hydrogens (tertiary/aromatic N) is 1. The number of methoxy groups -OCH3 is 2. The molecule has 0 radical (unpaired) electrons. The number of benzene rings is 1. The number of para-hydroxylation sites is 1. The van der Waals surface area contributed by atoms with E-state index >= 15 is 0 Å². The van der Waals surface area contributed by atoms with Crippen LogP contribution in [0.5, 0.6) is 11.5 Å². The van der Waals surface area contributed by atoms with E-state index in [1.165, 1.54) is 13.2 Å². The summed E-state index contributed by atoms with van der Waals surface area (Å²) < 4.78 is 15.6. The molecule has 6 heteroatoms. The molecule has 136 valence electrons. The SMILES string of the molecule is COc1cccc(/C=C/C(=O)OCC(=O)N2CCCC[C@@H]2C)c1OC. The van der Waals surface area contributed by atoms with E-state index in [0.29, 0.717) is 17.1 Å². The molecular weight excluding hydrogens is 322 g/mol. The Balaban J connectivity index is 1.92. The first-order valence-electron chi connectivity index (χ1n) is 8.42. The topological polar surface area (TPSA) is 65.1 Å². The van der Waals surface area contributed by atoms with E-state index in [0.717, 1.165) is 25.8 Å². The second-order valence-corrected chi connectivity index (χ2v) is 5.96. The van der Waals surface area contributed by atoms with Gasteiger partial charge in [-0.2, -0.15) is 0 Å². The molecule has 0 aliphatic carbocycles. The third kappa shape index (κ3) is 4.98. The van der Waals surface area contributed by atoms with Gasteiger partial charge in [-0.05, 0) is 38.3 Å². The average molecular weight is 347 g/mol. The molecule has 0 unspecified atom stereocenters. The average Bonchev–Trinajstić information content (AvgIpc) is 2.64. The fourth-order valence-electron chi connectivity index (χ4n) is 2.93. The van der Waals surface area contributed by atoms with Crippen molar-refractivity contribution in [3.05, 3.63) is 29.8 Å². The molecule has 0 aromatic heterocycles. The Morgan fingerprint density at radius 3 is 2.72 bits per heavy atom. The number of carbonyl (C=O) groups is 2. The molecule has 1 aromatic rings. The van der Waals surface area contributed by atoms with E-state index in [9.17, 15) is 9.59 Å². The van der Waals surface area contributed by atoms with Crippen molar-refractivity contribution in [1.29, 1.82) is 0 Å². The summed E-state index contributed by atoms with van der Waals surface area (Å²) in [6.07, 6.45) is 5.99. The molecule has 1 aliphatic rings. The van der Waals surface area contributed by atoms with Gasteiger partial charge in [0.2, 0.25) is 0 Å². The minimum atomic E-state index is -0.567. The van der Waals surface area contributed by atoms with Gasteiger partial charge in [-0.25, -0.2) is 4.79 Å². The fourth-order valence-corrected chi connectivity index (χ4v) is 2.93. The maximum atomic E-state index is 12.2. The highest BCUT2D eigenvalue weighted by atomic mass is 16.5. The van der Waals surface area contributed by atoms with Crippen molar-refractivity contribution in [2.75, 3.05) is 27.4 Å². The number of piperidine rings is 1. The number of rotatable bonds is 6. The largest absolute Gasteiger partial charge is 0.493 e. The van der Waals surface area contributed by atoms with Crippen LogP contribution in [0.25, 0.3) is 6.08 Å². The van der Waals surface area contributed by atoms with Crippen LogP contribution in [0.4, 0.5) is 0 Å². The standard InChI is InChI=1S/C19H25NO5/c1-14-7-4-5-12-20(14)17(21)13-25-18(22)11-10-15-8-6-9-16(23-2)19(15)24-3/h6,8-11,14H,4-5,7,12-13H2,1-3H3/b11-10+/t14-/m0/s1. The zero-order chi connectivity index (χ0) is 18.2. The van der Waals surface area contributed by atoms with Crippen LogP contribution in [0.3, 0.4) is 0 Å². The molecule has 25 heavy (non-hydrogen) atoms. The van der Waals surface area contributed by atoms with Gasteiger partial charge in [-0.15, -0.1) is 0 Å². The Morgan fingerprint density at radius 2 is 2.04 bits per heavy atom. The van der Waals surface area contributed by atoms with Crippen LogP contribution in [0.15, 0.2) is 24.3 Å². The Hall–Kier alpha value is -2.50. The molecule has 0 N–H and O–H groups in total. The summed E-state index contributed by atoms with van der Waals surface area (Å²) >= 11 is 0. The lowest BCUT2D eigenvalue weighted by Crippen LogP contribution is -2.44. The van der Waals surface area contributed by atoms with Crippen LogP contribution in [-0.4, -0.2) is 50.2 Å². The van der Waals surface area contributed by atoms with Gasteiger partial charge < -0.3 is 19.1 Å². The molecule has 1 atom stereocenters. The van der Waals surface area contributed by atoms with Gasteiger partial charge in [0.15, 0.2) is 18.1 Å². The minimum absolute atomic E-state index is 0.145. The lowest BCUT2D eigenvalue weighted by atomic mass is 10.0. The van der Waals surface area contributed by atoms with E-state index in [4.69, 9.17) is 14.2 Å². The second kappa shape index (κ2) is 9.11. The highest BCUT2D eigenvalue weighted by Crippen LogP contribution is 2.31. The zero-order valence-electron chi connectivity index (χ0n) is 15.0. The molecular formula is C19H25NO5. The van der Waals surface area contributed by atoms with Gasteiger partial charge in [0.1, 0.15) is 0 Å². The Morgan fingerprint density at radius 1 is 1.24 bits per heavy atom. The van der Waals surface area contributed by atoms with E-state index in [1.807, 2.05) is 6.92 Å². The number of esters is 1. The van der Waals surface area contributed by atoms with Crippen molar-refractivity contribution in [1.82, 2.24) is 4.90 Å². The van der Waals surface area contributed by atoms with Crippen LogP contribution in [0.1, 0.15) is 31.7 Å². The van der Waals surface area contributed by atoms with Crippen LogP contribution < -0.4 is 9.47 Å². The minimum Gasteiger partial charge on any atom is -0.493 e. The van der Waals surface area contributed by atoms with Crippen molar-refractivity contribution >= 4 is 18.0 Å². The van der Waals surface area contributed by atoms with E-state index in [-0.39, 0.29) is 18.6 Å². The van der Waals surface area contributed by atoms with Gasteiger partial charge in [-0.1, -0.05) is 12.1 Å². The lowest BCUT2D eigenvalue weighted by Gasteiger charge is -2.33. The number of carbonyl (C=O) groups excluding carboxylic acids is 2. The van der Waals surface area contributed by atoms with Gasteiger partial charge in [-0.3, -0.25) is 4.79 Å². The van der Waals surface area contributed by atoms with Crippen molar-refractivity contribution < 1.29 is 23.8 Å². The van der Waals surface area contributed by atoms with Crippen LogP contribution in [0.2, 0.25) is 0 Å². The fraction of sp³-hybridized carbons (Fsp3) is 0.474. The summed E-state index contributed by atoms with van der Waals surface area (Å²) in [4.78, 5) is 25.8. The Bertz CT molecular complexity index is 641. The first kappa shape index (κ1) is 18.8. The van der Waals surface area contributed by atoms with Crippen molar-refractivity contribution in [3.8, 4) is 11.5 Å². The molecule has 0 saturated carbocycles. The third-order valence-electron chi connectivity index (χ3n) is 4.29. The van der Waals surface area contributed by atoms with Gasteiger partial charge >= 0.3 is 5.97 Å². The lowest BCUT2D eigenvalue weighted by molar-refractivity contribution is -0.149. The Kier molecular flexibility index (Phi) is 6.86. The molecule has 1 amide bonds. The van der Waals surface area contributed by atoms with Crippen molar-refractivity contribution in [2.24, 2.45) is 0 Å². The number of amides is 1. The number of likely N-dealkylation sites (tertiary alicyclic amines) is 1. The molecule has 1 aliphatic heterocycles. The van der Waals surface area contributed by atoms with E-state index in [2.05, 4.69) is 0 Å². The van der Waals surface area contributed by atoms with Crippen molar-refractivity contribution in [3.63, 3.8) is 0 Å². The van der Waals surface area contributed by atoms with Gasteiger partial charge in [0, 0.05) is 24.2 Å². The molecule has 1 saturated heterocycles. The molecule has 1 heterocycles. The summed E-state index contributed by atoms with van der Waals surface area (Å²) in [5, 5.41) is 0. The molecule has 2 rings (SSSR count). The monoisotopic (exact) mass is 347 g/mol. The predicted octanol–water partition coefficient (Wildman–Crippen LogP) is 2.66. The highest BCUT2D eigenvalue weighted by Gasteiger charge is 2.23. The number of hydrogen-bond acceptors (Lipinski definition) is 5. The first-order valence-corrected chi connectivity index (χ1v) is 8.42. The summed E-state index contributed by atoms with van der Waals surface area (Å²) in [7, 11) is 3.08. The third-order valence-corrected chi connectivity index (χ3v) is 4.29. The van der Waals surface area contributed by atoms with Gasteiger partial charge in [0.25, 0.3) is 5.91 Å². The summed E-state index contributed by atoms with van der Waals surface area (Å²) in [6, 6.07) is 5.57. The zero-order valence-corrected chi connectivity index (χ0v) is 15.0. The van der Waals surface area contributed by atoms with E-state index < -0.39 is 5.97 Å². The molecule has 1 aromatic carbocycles. The molecule has 0 bridgehead atoms. The molecule has 0 spiro atoms. The number of ether oxygens (including phenoxy) is 3. The van der Waals surface area contributed by atoms with Gasteiger partial charge in [0.05, 0.1) is 14.2 Å². The second-order valence-electron chi connectivity index (χ2n) is 5.96. The van der Waals surface area contributed by atoms with Crippen molar-refractivity contribution in [2.45, 2.75) is 32.2 Å². The maximum absolute atomic E-state index is 12.2. The Labute approximate surface area is 148 Å². The van der Waals surface area contributed by atoms with Crippen LogP contribution in [0, 0.1) is 0 Å². The normalized spacial score (nSPS) is 17.4. The predicted molar refractivity (Wildman–Crippen MR) is 94.6 cm³/mol. The summed E-state index contributed by atoms with van der Waals surface area (Å²) in [6.45, 7) is 2.52.